The quantitative estimate of drug-likeness (QED) is 0.562. The van der Waals surface area contributed by atoms with Gasteiger partial charge in [0.15, 0.2) is 17.0 Å². The van der Waals surface area contributed by atoms with E-state index in [9.17, 15) is 5.11 Å². The molecule has 2 heterocycles. The Bertz CT molecular complexity index is 942. The number of aliphatic hydroxyl groups is 1. The first kappa shape index (κ1) is 20.3. The molecule has 8 heteroatoms. The van der Waals surface area contributed by atoms with E-state index in [1.54, 1.807) is 0 Å². The molecule has 2 aliphatic carbocycles. The van der Waals surface area contributed by atoms with Gasteiger partial charge in [0.2, 0.25) is 5.95 Å². The maximum atomic E-state index is 9.99. The number of nitrogens with one attached hydrogen (secondary N) is 2. The van der Waals surface area contributed by atoms with Crippen molar-refractivity contribution in [1.29, 1.82) is 0 Å². The van der Waals surface area contributed by atoms with Gasteiger partial charge in [0, 0.05) is 12.6 Å². The molecule has 156 valence electrons. The van der Waals surface area contributed by atoms with Crippen LogP contribution < -0.4 is 10.6 Å². The fourth-order valence-electron chi connectivity index (χ4n) is 4.08. The van der Waals surface area contributed by atoms with Gasteiger partial charge in [-0.05, 0) is 44.0 Å². The molecule has 0 aliphatic heterocycles. The Morgan fingerprint density at radius 2 is 2.00 bits per heavy atom. The molecule has 3 N–H and O–H groups in total. The summed E-state index contributed by atoms with van der Waals surface area (Å²) >= 11 is 3.56. The lowest BCUT2D eigenvalue weighted by Crippen LogP contribution is -2.39. The smallest absolute Gasteiger partial charge is 0.227 e. The normalized spacial score (nSPS) is 18.8. The van der Waals surface area contributed by atoms with E-state index in [1.807, 2.05) is 6.33 Å². The van der Waals surface area contributed by atoms with E-state index < -0.39 is 0 Å². The van der Waals surface area contributed by atoms with Crippen LogP contribution in [0.5, 0.6) is 0 Å². The highest BCUT2D eigenvalue weighted by atomic mass is 79.9. The fraction of sp³-hybridized carbons (Fsp3) is 0.571. The second kappa shape index (κ2) is 8.44. The van der Waals surface area contributed by atoms with Crippen LogP contribution in [0.25, 0.3) is 11.2 Å². The summed E-state index contributed by atoms with van der Waals surface area (Å²) in [5.41, 5.74) is 2.60. The highest BCUT2D eigenvalue weighted by Gasteiger charge is 2.34. The van der Waals surface area contributed by atoms with Crippen molar-refractivity contribution in [2.24, 2.45) is 0 Å². The number of halogens is 1. The number of allylic oxidation sites excluding steroid dienone is 3. The average Bonchev–Trinajstić information content (AvgIpc) is 3.35. The van der Waals surface area contributed by atoms with Crippen LogP contribution in [0.3, 0.4) is 0 Å². The van der Waals surface area contributed by atoms with Crippen LogP contribution in [0, 0.1) is 0 Å². The van der Waals surface area contributed by atoms with Gasteiger partial charge in [-0.25, -0.2) is 4.98 Å². The van der Waals surface area contributed by atoms with Crippen LogP contribution in [-0.4, -0.2) is 43.3 Å². The van der Waals surface area contributed by atoms with Crippen LogP contribution >= 0.6 is 15.9 Å². The molecule has 4 rings (SSSR count). The van der Waals surface area contributed by atoms with Crippen LogP contribution in [0.4, 0.5) is 11.8 Å². The third kappa shape index (κ3) is 4.33. The number of nitrogens with zero attached hydrogens (tertiary/aromatic N) is 4. The summed E-state index contributed by atoms with van der Waals surface area (Å²) in [6, 6.07) is 0.248. The predicted octanol–water partition coefficient (Wildman–Crippen LogP) is 4.54. The van der Waals surface area contributed by atoms with E-state index in [2.05, 4.69) is 62.1 Å². The number of anilines is 2. The van der Waals surface area contributed by atoms with E-state index >= 15 is 0 Å². The molecule has 0 bridgehead atoms. The molecule has 0 aromatic carbocycles. The Balaban J connectivity index is 1.66. The molecular formula is C21H29BrN6O. The van der Waals surface area contributed by atoms with Gasteiger partial charge in [-0.2, -0.15) is 9.97 Å². The molecule has 2 aromatic rings. The van der Waals surface area contributed by atoms with E-state index in [0.29, 0.717) is 5.95 Å². The van der Waals surface area contributed by atoms with E-state index in [0.717, 1.165) is 62.1 Å². The zero-order valence-electron chi connectivity index (χ0n) is 17.1. The summed E-state index contributed by atoms with van der Waals surface area (Å²) in [4.78, 5) is 14.1. The molecule has 0 spiro atoms. The number of fused-ring (bicyclic) bond motifs is 1. The maximum Gasteiger partial charge on any atom is 0.227 e. The van der Waals surface area contributed by atoms with Crippen LogP contribution in [-0.2, 0) is 0 Å². The summed E-state index contributed by atoms with van der Waals surface area (Å²) < 4.78 is 3.30. The minimum Gasteiger partial charge on any atom is -0.394 e. The van der Waals surface area contributed by atoms with E-state index in [-0.39, 0.29) is 18.2 Å². The molecule has 1 fully saturated rings. The minimum absolute atomic E-state index is 0.0920. The first-order valence-electron chi connectivity index (χ1n) is 10.4. The fourth-order valence-corrected chi connectivity index (χ4v) is 4.42. The van der Waals surface area contributed by atoms with Crippen LogP contribution in [0.2, 0.25) is 0 Å². The number of imidazole rings is 1. The molecule has 7 nitrogen and oxygen atoms in total. The van der Waals surface area contributed by atoms with Crippen molar-refractivity contribution < 1.29 is 5.11 Å². The van der Waals surface area contributed by atoms with Crippen LogP contribution in [0.15, 0.2) is 28.5 Å². The van der Waals surface area contributed by atoms with Gasteiger partial charge in [0.05, 0.1) is 18.5 Å². The Morgan fingerprint density at radius 3 is 2.66 bits per heavy atom. The molecule has 0 unspecified atom stereocenters. The topological polar surface area (TPSA) is 87.9 Å². The maximum absolute atomic E-state index is 9.99. The number of hydrogen-bond acceptors (Lipinski definition) is 6. The summed E-state index contributed by atoms with van der Waals surface area (Å²) in [5.74, 6) is 1.29. The molecule has 0 atom stereocenters. The van der Waals surface area contributed by atoms with Crippen molar-refractivity contribution >= 4 is 38.9 Å². The molecular weight excluding hydrogens is 432 g/mol. The first-order valence-corrected chi connectivity index (χ1v) is 11.2. The van der Waals surface area contributed by atoms with Crippen molar-refractivity contribution in [3.63, 3.8) is 0 Å². The zero-order valence-corrected chi connectivity index (χ0v) is 18.7. The Labute approximate surface area is 179 Å². The lowest BCUT2D eigenvalue weighted by molar-refractivity contribution is 0.213. The highest BCUT2D eigenvalue weighted by molar-refractivity contribution is 9.11. The Morgan fingerprint density at radius 1 is 1.21 bits per heavy atom. The second-order valence-corrected chi connectivity index (χ2v) is 9.39. The van der Waals surface area contributed by atoms with Crippen molar-refractivity contribution in [2.45, 2.75) is 64.0 Å². The zero-order chi connectivity index (χ0) is 20.4. The third-order valence-corrected chi connectivity index (χ3v) is 6.55. The Hall–Kier alpha value is -1.93. The van der Waals surface area contributed by atoms with Crippen LogP contribution in [0.1, 0.15) is 58.4 Å². The van der Waals surface area contributed by atoms with Crippen molar-refractivity contribution in [2.75, 3.05) is 23.8 Å². The van der Waals surface area contributed by atoms with Gasteiger partial charge in [-0.3, -0.25) is 0 Å². The lowest BCUT2D eigenvalue weighted by Gasteiger charge is -2.28. The molecule has 0 saturated heterocycles. The molecule has 2 aromatic heterocycles. The summed E-state index contributed by atoms with van der Waals surface area (Å²) in [7, 11) is 0. The number of hydrogen-bond donors (Lipinski definition) is 3. The van der Waals surface area contributed by atoms with Gasteiger partial charge in [-0.1, -0.05) is 46.5 Å². The predicted molar refractivity (Wildman–Crippen MR) is 120 cm³/mol. The monoisotopic (exact) mass is 460 g/mol. The molecule has 1 saturated carbocycles. The van der Waals surface area contributed by atoms with E-state index in [1.165, 1.54) is 10.1 Å². The minimum atomic E-state index is -0.323. The van der Waals surface area contributed by atoms with Crippen molar-refractivity contribution in [3.8, 4) is 0 Å². The SMILES string of the molecule is CC(C)n1cnc2c(NCC3=CC=C(Br)CC3)nc(NC3(CO)CCCC3)nc21. The lowest BCUT2D eigenvalue weighted by atomic mass is 9.99. The summed E-state index contributed by atoms with van der Waals surface area (Å²) in [6.45, 7) is 5.05. The average molecular weight is 461 g/mol. The van der Waals surface area contributed by atoms with Gasteiger partial charge < -0.3 is 20.3 Å². The van der Waals surface area contributed by atoms with E-state index in [4.69, 9.17) is 9.97 Å². The van der Waals surface area contributed by atoms with Gasteiger partial charge in [0.1, 0.15) is 0 Å². The number of rotatable bonds is 7. The standard InChI is InChI=1S/C21H29BrN6O/c1-14(2)28-13-24-17-18(23-11-15-5-7-16(22)8-6-15)25-20(26-19(17)28)27-21(12-29)9-3-4-10-21/h5,7,13-14,29H,3-4,6,8-12H2,1-2H3,(H2,23,25,26,27). The molecule has 0 amide bonds. The second-order valence-electron chi connectivity index (χ2n) is 8.38. The van der Waals surface area contributed by atoms with Crippen molar-refractivity contribution in [3.05, 3.63) is 28.5 Å². The summed E-state index contributed by atoms with van der Waals surface area (Å²) in [6.07, 6.45) is 12.3. The molecule has 0 radical (unpaired) electrons. The molecule has 29 heavy (non-hydrogen) atoms. The third-order valence-electron chi connectivity index (χ3n) is 5.89. The highest BCUT2D eigenvalue weighted by Crippen LogP contribution is 2.33. The summed E-state index contributed by atoms with van der Waals surface area (Å²) in [5, 5.41) is 16.9. The molecule has 2 aliphatic rings. The van der Waals surface area contributed by atoms with Crippen molar-refractivity contribution in [1.82, 2.24) is 19.5 Å². The van der Waals surface area contributed by atoms with Gasteiger partial charge in [0.25, 0.3) is 0 Å². The number of aromatic nitrogens is 4. The largest absolute Gasteiger partial charge is 0.394 e. The van der Waals surface area contributed by atoms with Gasteiger partial charge >= 0.3 is 0 Å². The first-order chi connectivity index (χ1) is 14.0. The Kier molecular flexibility index (Phi) is 5.92. The van der Waals surface area contributed by atoms with Gasteiger partial charge in [-0.15, -0.1) is 0 Å². The number of aliphatic hydroxyl groups excluding tert-OH is 1.